The normalized spacial score (nSPS) is 13.1. The molecule has 1 aliphatic carbocycles. The standard InChI is InChI=1S/C19H18N6O2S/c26-16(21-23-18(27)14-4-2-1-3-5-14)12-28-19-24-22-17(25(19)15-6-7-15)13-8-10-20-11-9-13/h1-5,8-11,15H,6-7,12H2,(H,21,26)(H,23,27). The van der Waals surface area contributed by atoms with Crippen LogP contribution in [0.3, 0.4) is 0 Å². The summed E-state index contributed by atoms with van der Waals surface area (Å²) in [4.78, 5) is 28.1. The fraction of sp³-hybridized carbons (Fsp3) is 0.211. The summed E-state index contributed by atoms with van der Waals surface area (Å²) in [5.41, 5.74) is 6.27. The topological polar surface area (TPSA) is 102 Å². The highest BCUT2D eigenvalue weighted by Crippen LogP contribution is 2.40. The Labute approximate surface area is 165 Å². The number of hydrazine groups is 1. The molecule has 2 aromatic heterocycles. The van der Waals surface area contributed by atoms with Crippen molar-refractivity contribution in [3.8, 4) is 11.4 Å². The van der Waals surface area contributed by atoms with Gasteiger partial charge >= 0.3 is 0 Å². The SMILES string of the molecule is O=C(CSc1nnc(-c2ccncc2)n1C1CC1)NNC(=O)c1ccccc1. The second kappa shape index (κ2) is 8.22. The van der Waals surface area contributed by atoms with Crippen LogP contribution in [-0.4, -0.2) is 37.3 Å². The Morgan fingerprint density at radius 1 is 1.04 bits per heavy atom. The first-order valence-electron chi connectivity index (χ1n) is 8.84. The number of carbonyl (C=O) groups is 2. The van der Waals surface area contributed by atoms with Crippen LogP contribution in [0, 0.1) is 0 Å². The van der Waals surface area contributed by atoms with Crippen molar-refractivity contribution in [3.63, 3.8) is 0 Å². The Hall–Kier alpha value is -3.20. The summed E-state index contributed by atoms with van der Waals surface area (Å²) in [5.74, 6) is 0.228. The van der Waals surface area contributed by atoms with Gasteiger partial charge in [-0.1, -0.05) is 30.0 Å². The Balaban J connectivity index is 1.37. The van der Waals surface area contributed by atoms with Crippen molar-refractivity contribution in [1.82, 2.24) is 30.6 Å². The third kappa shape index (κ3) is 4.20. The Bertz CT molecular complexity index is 973. The number of rotatable bonds is 6. The van der Waals surface area contributed by atoms with Crippen molar-refractivity contribution in [2.45, 2.75) is 24.0 Å². The van der Waals surface area contributed by atoms with Gasteiger partial charge in [-0.15, -0.1) is 10.2 Å². The first kappa shape index (κ1) is 18.2. The van der Waals surface area contributed by atoms with Crippen molar-refractivity contribution >= 4 is 23.6 Å². The van der Waals surface area contributed by atoms with Gasteiger partial charge in [0.15, 0.2) is 11.0 Å². The number of carbonyl (C=O) groups excluding carboxylic acids is 2. The molecule has 0 radical (unpaired) electrons. The number of hydrogen-bond acceptors (Lipinski definition) is 6. The van der Waals surface area contributed by atoms with Crippen molar-refractivity contribution in [1.29, 1.82) is 0 Å². The van der Waals surface area contributed by atoms with Crippen LogP contribution in [0.5, 0.6) is 0 Å². The zero-order valence-electron chi connectivity index (χ0n) is 14.9. The predicted molar refractivity (Wildman–Crippen MR) is 104 cm³/mol. The minimum Gasteiger partial charge on any atom is -0.299 e. The first-order valence-corrected chi connectivity index (χ1v) is 9.83. The highest BCUT2D eigenvalue weighted by molar-refractivity contribution is 7.99. The van der Waals surface area contributed by atoms with Crippen LogP contribution >= 0.6 is 11.8 Å². The van der Waals surface area contributed by atoms with E-state index in [1.165, 1.54) is 11.8 Å². The fourth-order valence-electron chi connectivity index (χ4n) is 2.69. The molecule has 0 saturated heterocycles. The van der Waals surface area contributed by atoms with Gasteiger partial charge in [0, 0.05) is 29.6 Å². The molecule has 2 N–H and O–H groups in total. The minimum absolute atomic E-state index is 0.121. The third-order valence-electron chi connectivity index (χ3n) is 4.20. The van der Waals surface area contributed by atoms with Crippen molar-refractivity contribution in [2.75, 3.05) is 5.75 Å². The molecule has 1 saturated carbocycles. The molecule has 0 bridgehead atoms. The number of nitrogens with one attached hydrogen (secondary N) is 2. The maximum absolute atomic E-state index is 12.1. The molecule has 1 fully saturated rings. The van der Waals surface area contributed by atoms with E-state index in [0.717, 1.165) is 24.2 Å². The Kier molecular flexibility index (Phi) is 5.34. The van der Waals surface area contributed by atoms with Crippen LogP contribution in [0.25, 0.3) is 11.4 Å². The van der Waals surface area contributed by atoms with Crippen molar-refractivity contribution < 1.29 is 9.59 Å². The molecule has 4 rings (SSSR count). The highest BCUT2D eigenvalue weighted by Gasteiger charge is 2.30. The van der Waals surface area contributed by atoms with Gasteiger partial charge in [0.25, 0.3) is 5.91 Å². The average molecular weight is 394 g/mol. The molecule has 0 aliphatic heterocycles. The fourth-order valence-corrected chi connectivity index (χ4v) is 3.50. The van der Waals surface area contributed by atoms with E-state index in [1.54, 1.807) is 36.7 Å². The molecule has 1 aliphatic rings. The number of hydrogen-bond donors (Lipinski definition) is 2. The van der Waals surface area contributed by atoms with Crippen LogP contribution in [-0.2, 0) is 4.79 Å². The molecule has 0 unspecified atom stereocenters. The van der Waals surface area contributed by atoms with Gasteiger partial charge in [-0.2, -0.15) is 0 Å². The molecule has 1 aromatic carbocycles. The van der Waals surface area contributed by atoms with Crippen molar-refractivity contribution in [3.05, 3.63) is 60.4 Å². The van der Waals surface area contributed by atoms with E-state index in [2.05, 4.69) is 30.6 Å². The van der Waals surface area contributed by atoms with E-state index in [9.17, 15) is 9.59 Å². The molecule has 142 valence electrons. The van der Waals surface area contributed by atoms with Crippen LogP contribution < -0.4 is 10.9 Å². The lowest BCUT2D eigenvalue weighted by Crippen LogP contribution is -2.42. The number of benzene rings is 1. The lowest BCUT2D eigenvalue weighted by atomic mass is 10.2. The Morgan fingerprint density at radius 2 is 1.79 bits per heavy atom. The van der Waals surface area contributed by atoms with E-state index >= 15 is 0 Å². The monoisotopic (exact) mass is 394 g/mol. The molecule has 0 atom stereocenters. The molecular formula is C19H18N6O2S. The third-order valence-corrected chi connectivity index (χ3v) is 5.14. The van der Waals surface area contributed by atoms with Crippen LogP contribution in [0.1, 0.15) is 29.2 Å². The summed E-state index contributed by atoms with van der Waals surface area (Å²) in [6, 6.07) is 12.8. The molecule has 3 aromatic rings. The lowest BCUT2D eigenvalue weighted by Gasteiger charge is -2.09. The van der Waals surface area contributed by atoms with E-state index in [1.807, 2.05) is 18.2 Å². The summed E-state index contributed by atoms with van der Waals surface area (Å²) in [7, 11) is 0. The van der Waals surface area contributed by atoms with Crippen LogP contribution in [0.15, 0.2) is 60.0 Å². The van der Waals surface area contributed by atoms with Crippen molar-refractivity contribution in [2.24, 2.45) is 0 Å². The van der Waals surface area contributed by atoms with Gasteiger partial charge in [-0.05, 0) is 37.1 Å². The molecular weight excluding hydrogens is 376 g/mol. The van der Waals surface area contributed by atoms with E-state index in [-0.39, 0.29) is 17.6 Å². The number of nitrogens with zero attached hydrogens (tertiary/aromatic N) is 4. The highest BCUT2D eigenvalue weighted by atomic mass is 32.2. The summed E-state index contributed by atoms with van der Waals surface area (Å²) < 4.78 is 2.08. The maximum Gasteiger partial charge on any atom is 0.269 e. The van der Waals surface area contributed by atoms with Crippen LogP contribution in [0.2, 0.25) is 0 Å². The smallest absolute Gasteiger partial charge is 0.269 e. The second-order valence-corrected chi connectivity index (χ2v) is 7.24. The molecule has 9 heteroatoms. The Morgan fingerprint density at radius 3 is 2.50 bits per heavy atom. The first-order chi connectivity index (χ1) is 13.7. The van der Waals surface area contributed by atoms with Gasteiger partial charge in [0.1, 0.15) is 0 Å². The second-order valence-electron chi connectivity index (χ2n) is 6.30. The summed E-state index contributed by atoms with van der Waals surface area (Å²) in [5, 5.41) is 9.25. The molecule has 0 spiro atoms. The quantitative estimate of drug-likeness (QED) is 0.491. The zero-order chi connectivity index (χ0) is 19.3. The number of pyridine rings is 1. The molecule has 2 heterocycles. The van der Waals surface area contributed by atoms with E-state index < -0.39 is 0 Å². The predicted octanol–water partition coefficient (Wildman–Crippen LogP) is 2.23. The van der Waals surface area contributed by atoms with Gasteiger partial charge < -0.3 is 0 Å². The number of amides is 2. The van der Waals surface area contributed by atoms with Gasteiger partial charge in [-0.3, -0.25) is 30.0 Å². The van der Waals surface area contributed by atoms with E-state index in [4.69, 9.17) is 0 Å². The summed E-state index contributed by atoms with van der Waals surface area (Å²) >= 11 is 1.30. The van der Waals surface area contributed by atoms with Gasteiger partial charge in [0.2, 0.25) is 5.91 Å². The number of aromatic nitrogens is 4. The molecule has 28 heavy (non-hydrogen) atoms. The maximum atomic E-state index is 12.1. The number of thioether (sulfide) groups is 1. The van der Waals surface area contributed by atoms with Gasteiger partial charge in [-0.25, -0.2) is 0 Å². The van der Waals surface area contributed by atoms with Crippen LogP contribution in [0.4, 0.5) is 0 Å². The average Bonchev–Trinajstić information content (AvgIpc) is 3.50. The van der Waals surface area contributed by atoms with Gasteiger partial charge in [0.05, 0.1) is 5.75 Å². The lowest BCUT2D eigenvalue weighted by molar-refractivity contribution is -0.119. The minimum atomic E-state index is -0.361. The molecule has 8 nitrogen and oxygen atoms in total. The van der Waals surface area contributed by atoms with E-state index in [0.29, 0.717) is 16.8 Å². The summed E-state index contributed by atoms with van der Waals surface area (Å²) in [6.07, 6.45) is 5.58. The summed E-state index contributed by atoms with van der Waals surface area (Å²) in [6.45, 7) is 0. The zero-order valence-corrected chi connectivity index (χ0v) is 15.7. The molecule has 2 amide bonds. The largest absolute Gasteiger partial charge is 0.299 e.